The third-order valence-electron chi connectivity index (χ3n) is 4.03. The summed E-state index contributed by atoms with van der Waals surface area (Å²) in [4.78, 5) is 0. The molecule has 2 rings (SSSR count). The Morgan fingerprint density at radius 2 is 1.00 bits per heavy atom. The van der Waals surface area contributed by atoms with Crippen LogP contribution in [0.1, 0.15) is 6.42 Å². The Bertz CT molecular complexity index is 282. The van der Waals surface area contributed by atoms with Gasteiger partial charge in [-0.15, -0.1) is 0 Å². The number of aliphatic hydroxyl groups excluding tert-OH is 7. The zero-order valence-corrected chi connectivity index (χ0v) is 9.03. The van der Waals surface area contributed by atoms with Gasteiger partial charge in [0.25, 0.3) is 0 Å². The van der Waals surface area contributed by atoms with Crippen LogP contribution in [0.25, 0.3) is 0 Å². The van der Waals surface area contributed by atoms with E-state index in [1.165, 1.54) is 0 Å². The van der Waals surface area contributed by atoms with Crippen molar-refractivity contribution in [3.8, 4) is 0 Å². The van der Waals surface area contributed by atoms with E-state index in [2.05, 4.69) is 0 Å². The third kappa shape index (κ3) is 1.88. The zero-order valence-electron chi connectivity index (χ0n) is 9.03. The summed E-state index contributed by atoms with van der Waals surface area (Å²) in [6, 6.07) is 0. The van der Waals surface area contributed by atoms with Crippen molar-refractivity contribution in [3.63, 3.8) is 0 Å². The monoisotopic (exact) mass is 250 g/mol. The first-order valence-corrected chi connectivity index (χ1v) is 5.62. The molecule has 0 aromatic rings. The first kappa shape index (κ1) is 13.2. The smallest absolute Gasteiger partial charge is 0.109 e. The summed E-state index contributed by atoms with van der Waals surface area (Å²) >= 11 is 0. The van der Waals surface area contributed by atoms with Gasteiger partial charge in [0.05, 0.1) is 24.4 Å². The maximum atomic E-state index is 9.76. The average molecular weight is 250 g/mol. The molecule has 0 bridgehead atoms. The van der Waals surface area contributed by atoms with Crippen molar-refractivity contribution in [2.24, 2.45) is 11.8 Å². The molecule has 9 atom stereocenters. The standard InChI is InChI=1S/C10H18O7/c11-3-1-2-4(7(14)6(3)13)8(15)10(17)9(16)5(2)12/h2-17H,1H2. The summed E-state index contributed by atoms with van der Waals surface area (Å²) < 4.78 is 0. The Hall–Kier alpha value is -0.280. The van der Waals surface area contributed by atoms with Crippen LogP contribution in [0.2, 0.25) is 0 Å². The third-order valence-corrected chi connectivity index (χ3v) is 4.03. The van der Waals surface area contributed by atoms with Crippen LogP contribution in [0.3, 0.4) is 0 Å². The minimum Gasteiger partial charge on any atom is -0.390 e. The fourth-order valence-corrected chi connectivity index (χ4v) is 2.99. The maximum absolute atomic E-state index is 9.76. The minimum atomic E-state index is -1.58. The highest BCUT2D eigenvalue weighted by Gasteiger charge is 2.56. The molecule has 2 saturated carbocycles. The summed E-state index contributed by atoms with van der Waals surface area (Å²) in [6.07, 6.45) is -10.1. The van der Waals surface area contributed by atoms with Crippen molar-refractivity contribution in [2.45, 2.75) is 49.1 Å². The van der Waals surface area contributed by atoms with Gasteiger partial charge in [-0.3, -0.25) is 0 Å². The van der Waals surface area contributed by atoms with Crippen molar-refractivity contribution in [1.29, 1.82) is 0 Å². The minimum absolute atomic E-state index is 0.0507. The maximum Gasteiger partial charge on any atom is 0.109 e. The van der Waals surface area contributed by atoms with Gasteiger partial charge in [0.2, 0.25) is 0 Å². The van der Waals surface area contributed by atoms with Crippen molar-refractivity contribution in [2.75, 3.05) is 0 Å². The predicted molar refractivity (Wildman–Crippen MR) is 53.6 cm³/mol. The van der Waals surface area contributed by atoms with Crippen LogP contribution in [0.5, 0.6) is 0 Å². The molecule has 2 aliphatic rings. The summed E-state index contributed by atoms with van der Waals surface area (Å²) in [5.74, 6) is -1.74. The largest absolute Gasteiger partial charge is 0.390 e. The highest BCUT2D eigenvalue weighted by molar-refractivity contribution is 5.05. The zero-order chi connectivity index (χ0) is 12.9. The molecule has 100 valence electrons. The van der Waals surface area contributed by atoms with E-state index < -0.39 is 54.6 Å². The summed E-state index contributed by atoms with van der Waals surface area (Å²) in [7, 11) is 0. The van der Waals surface area contributed by atoms with Crippen LogP contribution in [-0.4, -0.2) is 78.5 Å². The quantitative estimate of drug-likeness (QED) is 0.233. The van der Waals surface area contributed by atoms with Crippen LogP contribution in [0.4, 0.5) is 0 Å². The van der Waals surface area contributed by atoms with E-state index in [1.807, 2.05) is 0 Å². The van der Waals surface area contributed by atoms with Gasteiger partial charge in [0.15, 0.2) is 0 Å². The first-order valence-electron chi connectivity index (χ1n) is 5.62. The molecule has 2 aliphatic carbocycles. The van der Waals surface area contributed by atoms with E-state index in [0.717, 1.165) is 0 Å². The van der Waals surface area contributed by atoms with E-state index in [4.69, 9.17) is 0 Å². The normalized spacial score (nSPS) is 59.8. The van der Waals surface area contributed by atoms with Crippen LogP contribution < -0.4 is 0 Å². The fraction of sp³-hybridized carbons (Fsp3) is 1.00. The lowest BCUT2D eigenvalue weighted by Gasteiger charge is -2.50. The molecule has 7 nitrogen and oxygen atoms in total. The molecule has 0 heterocycles. The lowest BCUT2D eigenvalue weighted by molar-refractivity contribution is -0.241. The lowest BCUT2D eigenvalue weighted by atomic mass is 9.63. The van der Waals surface area contributed by atoms with E-state index in [9.17, 15) is 35.7 Å². The second-order valence-corrected chi connectivity index (χ2v) is 4.99. The highest BCUT2D eigenvalue weighted by Crippen LogP contribution is 2.41. The van der Waals surface area contributed by atoms with Gasteiger partial charge in [-0.2, -0.15) is 0 Å². The molecule has 9 unspecified atom stereocenters. The fourth-order valence-electron chi connectivity index (χ4n) is 2.99. The molecule has 0 aliphatic heterocycles. The molecule has 17 heavy (non-hydrogen) atoms. The Balaban J connectivity index is 2.28. The van der Waals surface area contributed by atoms with Gasteiger partial charge in [0.1, 0.15) is 18.3 Å². The lowest BCUT2D eigenvalue weighted by Crippen LogP contribution is -2.66. The van der Waals surface area contributed by atoms with Gasteiger partial charge in [-0.1, -0.05) is 0 Å². The van der Waals surface area contributed by atoms with Gasteiger partial charge in [-0.25, -0.2) is 0 Å². The molecular formula is C10H18O7. The van der Waals surface area contributed by atoms with E-state index in [1.54, 1.807) is 0 Å². The van der Waals surface area contributed by atoms with Gasteiger partial charge >= 0.3 is 0 Å². The predicted octanol–water partition coefficient (Wildman–Crippen LogP) is -3.84. The van der Waals surface area contributed by atoms with Crippen LogP contribution in [-0.2, 0) is 0 Å². The number of hydrogen-bond acceptors (Lipinski definition) is 7. The number of fused-ring (bicyclic) bond motifs is 1. The molecule has 2 fully saturated rings. The number of hydrogen-bond donors (Lipinski definition) is 7. The SMILES string of the molecule is OC1CC2C(O)C(O)C(O)C(O)C2C(O)C1O. The van der Waals surface area contributed by atoms with Crippen molar-refractivity contribution >= 4 is 0 Å². The van der Waals surface area contributed by atoms with E-state index in [-0.39, 0.29) is 6.42 Å². The molecule has 7 heteroatoms. The molecule has 0 aromatic carbocycles. The Labute approximate surface area is 97.6 Å². The van der Waals surface area contributed by atoms with Crippen molar-refractivity contribution in [3.05, 3.63) is 0 Å². The second-order valence-electron chi connectivity index (χ2n) is 4.99. The van der Waals surface area contributed by atoms with Crippen LogP contribution >= 0.6 is 0 Å². The molecule has 0 saturated heterocycles. The number of aliphatic hydroxyl groups is 7. The highest BCUT2D eigenvalue weighted by atomic mass is 16.4. The topological polar surface area (TPSA) is 142 Å². The first-order chi connectivity index (χ1) is 7.86. The summed E-state index contributed by atoms with van der Waals surface area (Å²) in [5.41, 5.74) is 0. The molecule has 0 spiro atoms. The Morgan fingerprint density at radius 3 is 1.59 bits per heavy atom. The van der Waals surface area contributed by atoms with Crippen molar-refractivity contribution in [1.82, 2.24) is 0 Å². The summed E-state index contributed by atoms with van der Waals surface area (Å²) in [6.45, 7) is 0. The van der Waals surface area contributed by atoms with Gasteiger partial charge in [-0.05, 0) is 12.3 Å². The van der Waals surface area contributed by atoms with Gasteiger partial charge < -0.3 is 35.7 Å². The molecule has 0 aromatic heterocycles. The summed E-state index contributed by atoms with van der Waals surface area (Å²) in [5, 5.41) is 67.3. The second kappa shape index (κ2) is 4.43. The Kier molecular flexibility index (Phi) is 3.43. The Morgan fingerprint density at radius 1 is 0.529 bits per heavy atom. The van der Waals surface area contributed by atoms with E-state index >= 15 is 0 Å². The average Bonchev–Trinajstić information content (AvgIpc) is 2.30. The van der Waals surface area contributed by atoms with Crippen LogP contribution in [0.15, 0.2) is 0 Å². The number of rotatable bonds is 0. The molecule has 0 amide bonds. The molecule has 7 N–H and O–H groups in total. The van der Waals surface area contributed by atoms with Crippen LogP contribution in [0, 0.1) is 11.8 Å². The molecular weight excluding hydrogens is 232 g/mol. The molecule has 0 radical (unpaired) electrons. The van der Waals surface area contributed by atoms with Crippen molar-refractivity contribution < 1.29 is 35.7 Å². The van der Waals surface area contributed by atoms with E-state index in [0.29, 0.717) is 0 Å². The van der Waals surface area contributed by atoms with Gasteiger partial charge in [0, 0.05) is 5.92 Å².